The summed E-state index contributed by atoms with van der Waals surface area (Å²) in [6.45, 7) is 8.56. The van der Waals surface area contributed by atoms with Gasteiger partial charge in [-0.05, 0) is 67.3 Å². The number of benzene rings is 1. The second-order valence-electron chi connectivity index (χ2n) is 9.12. The van der Waals surface area contributed by atoms with Crippen molar-refractivity contribution in [2.45, 2.75) is 53.0 Å². The number of carbonyl (C=O) groups excluding carboxylic acids is 1. The van der Waals surface area contributed by atoms with Crippen molar-refractivity contribution in [3.63, 3.8) is 0 Å². The lowest BCUT2D eigenvalue weighted by atomic mass is 9.72. The Balaban J connectivity index is 1.64. The summed E-state index contributed by atoms with van der Waals surface area (Å²) in [4.78, 5) is 32.6. The first-order chi connectivity index (χ1) is 14.1. The number of rotatable bonds is 3. The van der Waals surface area contributed by atoms with Crippen molar-refractivity contribution in [2.24, 2.45) is 11.3 Å². The van der Waals surface area contributed by atoms with E-state index in [0.717, 1.165) is 29.7 Å². The molecule has 2 heterocycles. The molecule has 7 heteroatoms. The van der Waals surface area contributed by atoms with Crippen molar-refractivity contribution in [3.8, 4) is 0 Å². The number of hydrogen-bond acceptors (Lipinski definition) is 4. The molecule has 0 radical (unpaired) electrons. The highest BCUT2D eigenvalue weighted by Crippen LogP contribution is 2.42. The summed E-state index contributed by atoms with van der Waals surface area (Å²) in [7, 11) is 0. The number of halogens is 1. The van der Waals surface area contributed by atoms with Gasteiger partial charge in [0.1, 0.15) is 10.9 Å². The topological polar surface area (TPSA) is 64.0 Å². The summed E-state index contributed by atoms with van der Waals surface area (Å²) in [5.74, 6) is 0.335. The Morgan fingerprint density at radius 1 is 1.30 bits per heavy atom. The van der Waals surface area contributed by atoms with Gasteiger partial charge in [-0.15, -0.1) is 11.3 Å². The maximum atomic E-state index is 13.3. The Morgan fingerprint density at radius 3 is 2.67 bits per heavy atom. The standard InChI is InChI=1S/C23H26ClN3O2S/c1-13(20(28)26-16-8-6-15(24)7-9-16)27-12-25-21-19(22(27)29)17-10-5-14(23(2,3)4)11-18(17)30-21/h6-9,12-14H,5,10-11H2,1-4H3,(H,26,28). The van der Waals surface area contributed by atoms with Gasteiger partial charge in [-0.25, -0.2) is 4.98 Å². The summed E-state index contributed by atoms with van der Waals surface area (Å²) in [5, 5.41) is 4.13. The van der Waals surface area contributed by atoms with Gasteiger partial charge < -0.3 is 5.32 Å². The van der Waals surface area contributed by atoms with Crippen LogP contribution in [0.15, 0.2) is 35.4 Å². The van der Waals surface area contributed by atoms with Crippen LogP contribution in [0, 0.1) is 11.3 Å². The van der Waals surface area contributed by atoms with Crippen molar-refractivity contribution in [3.05, 3.63) is 56.4 Å². The predicted octanol–water partition coefficient (Wildman–Crippen LogP) is 5.46. The van der Waals surface area contributed by atoms with Crippen LogP contribution in [-0.2, 0) is 17.6 Å². The van der Waals surface area contributed by atoms with Gasteiger partial charge in [-0.3, -0.25) is 14.2 Å². The lowest BCUT2D eigenvalue weighted by molar-refractivity contribution is -0.118. The van der Waals surface area contributed by atoms with Crippen LogP contribution in [0.5, 0.6) is 0 Å². The van der Waals surface area contributed by atoms with E-state index in [9.17, 15) is 9.59 Å². The van der Waals surface area contributed by atoms with E-state index >= 15 is 0 Å². The molecule has 4 rings (SSSR count). The predicted molar refractivity (Wildman–Crippen MR) is 124 cm³/mol. The van der Waals surface area contributed by atoms with Gasteiger partial charge in [0, 0.05) is 15.6 Å². The average molecular weight is 444 g/mol. The molecular weight excluding hydrogens is 418 g/mol. The number of thiophene rings is 1. The van der Waals surface area contributed by atoms with Crippen molar-refractivity contribution < 1.29 is 4.79 Å². The normalized spacial score (nSPS) is 17.6. The lowest BCUT2D eigenvalue weighted by Crippen LogP contribution is -2.32. The van der Waals surface area contributed by atoms with E-state index in [2.05, 4.69) is 31.1 Å². The molecule has 30 heavy (non-hydrogen) atoms. The van der Waals surface area contributed by atoms with Crippen LogP contribution >= 0.6 is 22.9 Å². The highest BCUT2D eigenvalue weighted by molar-refractivity contribution is 7.18. The van der Waals surface area contributed by atoms with Gasteiger partial charge in [0.25, 0.3) is 5.56 Å². The van der Waals surface area contributed by atoms with Crippen molar-refractivity contribution in [1.82, 2.24) is 9.55 Å². The fraction of sp³-hybridized carbons (Fsp3) is 0.435. The van der Waals surface area contributed by atoms with Crippen LogP contribution in [-0.4, -0.2) is 15.5 Å². The summed E-state index contributed by atoms with van der Waals surface area (Å²) in [5.41, 5.74) is 1.88. The molecule has 0 spiro atoms. The third kappa shape index (κ3) is 3.91. The Labute approximate surface area is 185 Å². The number of aryl methyl sites for hydroxylation is 1. The number of amides is 1. The van der Waals surface area contributed by atoms with Crippen molar-refractivity contribution in [2.75, 3.05) is 5.32 Å². The van der Waals surface area contributed by atoms with Gasteiger partial charge in [-0.1, -0.05) is 32.4 Å². The molecule has 1 aliphatic carbocycles. The fourth-order valence-corrected chi connectivity index (χ4v) is 5.48. The molecule has 2 unspecified atom stereocenters. The Hall–Kier alpha value is -2.18. The first-order valence-electron chi connectivity index (χ1n) is 10.2. The summed E-state index contributed by atoms with van der Waals surface area (Å²) < 4.78 is 1.44. The number of nitrogens with zero attached hydrogens (tertiary/aromatic N) is 2. The second-order valence-corrected chi connectivity index (χ2v) is 10.6. The molecule has 0 fully saturated rings. The van der Waals surface area contributed by atoms with Gasteiger partial charge in [0.05, 0.1) is 11.7 Å². The molecule has 2 atom stereocenters. The highest BCUT2D eigenvalue weighted by atomic mass is 35.5. The maximum Gasteiger partial charge on any atom is 0.263 e. The molecule has 1 aliphatic rings. The molecule has 3 aromatic rings. The van der Waals surface area contributed by atoms with E-state index in [0.29, 0.717) is 22.0 Å². The number of hydrogen-bond donors (Lipinski definition) is 1. The van der Waals surface area contributed by atoms with Gasteiger partial charge in [-0.2, -0.15) is 0 Å². The van der Waals surface area contributed by atoms with Gasteiger partial charge >= 0.3 is 0 Å². The number of carbonyl (C=O) groups is 1. The molecule has 1 N–H and O–H groups in total. The number of anilines is 1. The average Bonchev–Trinajstić information content (AvgIpc) is 3.07. The first-order valence-corrected chi connectivity index (χ1v) is 11.4. The summed E-state index contributed by atoms with van der Waals surface area (Å²) in [6.07, 6.45) is 4.46. The van der Waals surface area contributed by atoms with Crippen LogP contribution in [0.2, 0.25) is 5.02 Å². The van der Waals surface area contributed by atoms with E-state index in [1.54, 1.807) is 42.5 Å². The molecule has 2 aromatic heterocycles. The summed E-state index contributed by atoms with van der Waals surface area (Å²) >= 11 is 7.53. The molecule has 158 valence electrons. The first kappa shape index (κ1) is 21.1. The Bertz CT molecular complexity index is 1160. The third-order valence-corrected chi connectivity index (χ3v) is 7.54. The van der Waals surface area contributed by atoms with Crippen molar-refractivity contribution in [1.29, 1.82) is 0 Å². The number of fused-ring (bicyclic) bond motifs is 3. The quantitative estimate of drug-likeness (QED) is 0.584. The largest absolute Gasteiger partial charge is 0.324 e. The molecule has 0 aliphatic heterocycles. The van der Waals surface area contributed by atoms with Crippen molar-refractivity contribution >= 4 is 44.7 Å². The van der Waals surface area contributed by atoms with Crippen LogP contribution in [0.25, 0.3) is 10.2 Å². The summed E-state index contributed by atoms with van der Waals surface area (Å²) in [6, 6.07) is 6.22. The van der Waals surface area contributed by atoms with Gasteiger partial charge in [0.2, 0.25) is 5.91 Å². The van der Waals surface area contributed by atoms with Crippen LogP contribution in [0.4, 0.5) is 5.69 Å². The van der Waals surface area contributed by atoms with E-state index < -0.39 is 6.04 Å². The lowest BCUT2D eigenvalue weighted by Gasteiger charge is -2.33. The molecule has 0 saturated carbocycles. The van der Waals surface area contributed by atoms with Crippen LogP contribution in [0.1, 0.15) is 50.6 Å². The minimum atomic E-state index is -0.674. The molecule has 5 nitrogen and oxygen atoms in total. The SMILES string of the molecule is CC(C(=O)Nc1ccc(Cl)cc1)n1cnc2sc3c(c2c1=O)CCC(C(C)(C)C)C3. The molecule has 1 aromatic carbocycles. The zero-order chi connectivity index (χ0) is 21.6. The van der Waals surface area contributed by atoms with Crippen LogP contribution in [0.3, 0.4) is 0 Å². The zero-order valence-electron chi connectivity index (χ0n) is 17.7. The number of aromatic nitrogens is 2. The molecule has 1 amide bonds. The monoisotopic (exact) mass is 443 g/mol. The molecule has 0 bridgehead atoms. The van der Waals surface area contributed by atoms with Crippen LogP contribution < -0.4 is 10.9 Å². The van der Waals surface area contributed by atoms with E-state index in [-0.39, 0.29) is 16.9 Å². The van der Waals surface area contributed by atoms with Gasteiger partial charge in [0.15, 0.2) is 0 Å². The third-order valence-electron chi connectivity index (χ3n) is 6.13. The minimum Gasteiger partial charge on any atom is -0.324 e. The smallest absolute Gasteiger partial charge is 0.263 e. The maximum absolute atomic E-state index is 13.3. The zero-order valence-corrected chi connectivity index (χ0v) is 19.2. The highest BCUT2D eigenvalue weighted by Gasteiger charge is 2.32. The second kappa shape index (κ2) is 7.82. The fourth-order valence-electron chi connectivity index (χ4n) is 4.10. The Morgan fingerprint density at radius 2 is 2.00 bits per heavy atom. The van der Waals surface area contributed by atoms with E-state index in [1.165, 1.54) is 15.8 Å². The minimum absolute atomic E-state index is 0.134. The molecular formula is C23H26ClN3O2S. The Kier molecular flexibility index (Phi) is 5.49. The number of nitrogens with one attached hydrogen (secondary N) is 1. The van der Waals surface area contributed by atoms with E-state index in [1.807, 2.05) is 0 Å². The van der Waals surface area contributed by atoms with E-state index in [4.69, 9.17) is 11.6 Å². The molecule has 0 saturated heterocycles.